The van der Waals surface area contributed by atoms with Gasteiger partial charge in [-0.25, -0.2) is 0 Å². The Labute approximate surface area is 164 Å². The topological polar surface area (TPSA) is 99.3 Å². The zero-order chi connectivity index (χ0) is 20.5. The van der Waals surface area contributed by atoms with Gasteiger partial charge in [-0.3, -0.25) is 14.4 Å². The van der Waals surface area contributed by atoms with Gasteiger partial charge in [-0.1, -0.05) is 19.9 Å². The summed E-state index contributed by atoms with van der Waals surface area (Å²) in [5, 5.41) is 11.5. The highest BCUT2D eigenvalue weighted by Gasteiger charge is 2.08. The molecule has 28 heavy (non-hydrogen) atoms. The fourth-order valence-corrected chi connectivity index (χ4v) is 2.47. The lowest BCUT2D eigenvalue weighted by atomic mass is 10.1. The maximum Gasteiger partial charge on any atom is 0.243 e. The largest absolute Gasteiger partial charge is 0.376 e. The Hall–Kier alpha value is -3.35. The van der Waals surface area contributed by atoms with Crippen molar-refractivity contribution in [2.45, 2.75) is 33.6 Å². The highest BCUT2D eigenvalue weighted by molar-refractivity contribution is 5.95. The summed E-state index contributed by atoms with van der Waals surface area (Å²) in [7, 11) is 0. The van der Waals surface area contributed by atoms with Crippen molar-refractivity contribution in [1.29, 1.82) is 0 Å². The molecule has 0 aliphatic carbocycles. The molecule has 2 aromatic rings. The Bertz CT molecular complexity index is 847. The normalized spacial score (nSPS) is 10.1. The molecule has 0 aromatic heterocycles. The van der Waals surface area contributed by atoms with E-state index in [1.165, 1.54) is 0 Å². The molecule has 0 bridgehead atoms. The number of hydrogen-bond acceptors (Lipinski definition) is 4. The minimum atomic E-state index is -0.201. The SMILES string of the molecule is CCC(=O)Nc1ccc(NC(=O)CNc2cccc(NC(=O)CC)c2C)cc1. The highest BCUT2D eigenvalue weighted by Crippen LogP contribution is 2.23. The average Bonchev–Trinajstić information content (AvgIpc) is 2.69. The predicted octanol–water partition coefficient (Wildman–Crippen LogP) is 3.74. The number of carbonyl (C=O) groups excluding carboxylic acids is 3. The molecule has 7 heteroatoms. The van der Waals surface area contributed by atoms with Crippen LogP contribution >= 0.6 is 0 Å². The third-order valence-electron chi connectivity index (χ3n) is 4.14. The molecule has 0 spiro atoms. The van der Waals surface area contributed by atoms with E-state index in [0.717, 1.165) is 16.9 Å². The van der Waals surface area contributed by atoms with Crippen molar-refractivity contribution in [3.05, 3.63) is 48.0 Å². The Balaban J connectivity index is 1.91. The van der Waals surface area contributed by atoms with Crippen LogP contribution < -0.4 is 21.3 Å². The zero-order valence-electron chi connectivity index (χ0n) is 16.4. The summed E-state index contributed by atoms with van der Waals surface area (Å²) in [6.45, 7) is 5.54. The quantitative estimate of drug-likeness (QED) is 0.559. The van der Waals surface area contributed by atoms with Gasteiger partial charge in [0.2, 0.25) is 17.7 Å². The van der Waals surface area contributed by atoms with E-state index < -0.39 is 0 Å². The lowest BCUT2D eigenvalue weighted by molar-refractivity contribution is -0.116. The fraction of sp³-hybridized carbons (Fsp3) is 0.286. The van der Waals surface area contributed by atoms with E-state index in [2.05, 4.69) is 21.3 Å². The van der Waals surface area contributed by atoms with Crippen molar-refractivity contribution < 1.29 is 14.4 Å². The molecule has 0 atom stereocenters. The number of amides is 3. The first-order valence-corrected chi connectivity index (χ1v) is 9.26. The summed E-state index contributed by atoms with van der Waals surface area (Å²) in [5.41, 5.74) is 3.70. The van der Waals surface area contributed by atoms with Gasteiger partial charge in [0.05, 0.1) is 6.54 Å². The van der Waals surface area contributed by atoms with Gasteiger partial charge in [0.15, 0.2) is 0 Å². The molecule has 0 saturated carbocycles. The van der Waals surface area contributed by atoms with Crippen LogP contribution in [0, 0.1) is 6.92 Å². The molecule has 0 fully saturated rings. The number of anilines is 4. The van der Waals surface area contributed by atoms with Crippen LogP contribution in [0.25, 0.3) is 0 Å². The summed E-state index contributed by atoms with van der Waals surface area (Å²) in [4.78, 5) is 35.2. The number of nitrogens with one attached hydrogen (secondary N) is 4. The maximum absolute atomic E-state index is 12.2. The summed E-state index contributed by atoms with van der Waals surface area (Å²) < 4.78 is 0. The molecule has 0 unspecified atom stereocenters. The van der Waals surface area contributed by atoms with Crippen LogP contribution in [0.5, 0.6) is 0 Å². The molecule has 0 radical (unpaired) electrons. The average molecular weight is 382 g/mol. The Morgan fingerprint density at radius 3 is 1.79 bits per heavy atom. The van der Waals surface area contributed by atoms with Crippen molar-refractivity contribution in [3.63, 3.8) is 0 Å². The van der Waals surface area contributed by atoms with Gasteiger partial charge in [-0.05, 0) is 48.9 Å². The number of hydrogen-bond donors (Lipinski definition) is 4. The van der Waals surface area contributed by atoms with Gasteiger partial charge in [0.25, 0.3) is 0 Å². The van der Waals surface area contributed by atoms with Gasteiger partial charge in [-0.15, -0.1) is 0 Å². The van der Waals surface area contributed by atoms with Crippen molar-refractivity contribution in [1.82, 2.24) is 0 Å². The molecule has 0 heterocycles. The Morgan fingerprint density at radius 2 is 1.21 bits per heavy atom. The summed E-state index contributed by atoms with van der Waals surface area (Å²) in [6, 6.07) is 12.4. The molecule has 3 amide bonds. The third-order valence-corrected chi connectivity index (χ3v) is 4.14. The van der Waals surface area contributed by atoms with Crippen LogP contribution in [0.1, 0.15) is 32.3 Å². The van der Waals surface area contributed by atoms with E-state index >= 15 is 0 Å². The molecule has 148 valence electrons. The minimum absolute atomic E-state index is 0.0587. The van der Waals surface area contributed by atoms with Gasteiger partial charge >= 0.3 is 0 Å². The molecule has 7 nitrogen and oxygen atoms in total. The van der Waals surface area contributed by atoms with Crippen LogP contribution in [0.4, 0.5) is 22.7 Å². The second-order valence-electron chi connectivity index (χ2n) is 6.26. The van der Waals surface area contributed by atoms with Crippen LogP contribution in [0.3, 0.4) is 0 Å². The van der Waals surface area contributed by atoms with E-state index in [-0.39, 0.29) is 24.3 Å². The van der Waals surface area contributed by atoms with Gasteiger partial charge in [0.1, 0.15) is 0 Å². The Morgan fingerprint density at radius 1 is 0.714 bits per heavy atom. The molecule has 4 N–H and O–H groups in total. The second-order valence-corrected chi connectivity index (χ2v) is 6.26. The maximum atomic E-state index is 12.2. The summed E-state index contributed by atoms with van der Waals surface area (Å²) in [6.07, 6.45) is 0.813. The molecule has 0 aliphatic rings. The molecular formula is C21H26N4O3. The van der Waals surface area contributed by atoms with Crippen LogP contribution in [-0.4, -0.2) is 24.3 Å². The summed E-state index contributed by atoms with van der Waals surface area (Å²) in [5.74, 6) is -0.321. The van der Waals surface area contributed by atoms with Crippen LogP contribution in [0.15, 0.2) is 42.5 Å². The highest BCUT2D eigenvalue weighted by atomic mass is 16.2. The lowest BCUT2D eigenvalue weighted by Crippen LogP contribution is -2.22. The van der Waals surface area contributed by atoms with Gasteiger partial charge in [0, 0.05) is 35.6 Å². The van der Waals surface area contributed by atoms with Crippen molar-refractivity contribution in [2.75, 3.05) is 27.8 Å². The zero-order valence-corrected chi connectivity index (χ0v) is 16.4. The molecular weight excluding hydrogens is 356 g/mol. The third kappa shape index (κ3) is 6.12. The van der Waals surface area contributed by atoms with E-state index in [1.807, 2.05) is 25.1 Å². The van der Waals surface area contributed by atoms with Crippen molar-refractivity contribution in [2.24, 2.45) is 0 Å². The standard InChI is InChI=1S/C21H26N4O3/c1-4-19(26)23-15-9-11-16(12-10-15)24-21(28)13-22-17-7-6-8-18(14(17)3)25-20(27)5-2/h6-12,22H,4-5,13H2,1-3H3,(H,23,26)(H,24,28)(H,25,27). The molecule has 0 saturated heterocycles. The van der Waals surface area contributed by atoms with Crippen LogP contribution in [-0.2, 0) is 14.4 Å². The van der Waals surface area contributed by atoms with E-state index in [4.69, 9.17) is 0 Å². The Kier molecular flexibility index (Phi) is 7.56. The summed E-state index contributed by atoms with van der Waals surface area (Å²) >= 11 is 0. The first-order valence-electron chi connectivity index (χ1n) is 9.26. The van der Waals surface area contributed by atoms with E-state index in [0.29, 0.717) is 24.2 Å². The van der Waals surface area contributed by atoms with E-state index in [1.54, 1.807) is 38.1 Å². The number of rotatable bonds is 8. The number of carbonyl (C=O) groups is 3. The monoisotopic (exact) mass is 382 g/mol. The van der Waals surface area contributed by atoms with Crippen LogP contribution in [0.2, 0.25) is 0 Å². The van der Waals surface area contributed by atoms with E-state index in [9.17, 15) is 14.4 Å². The van der Waals surface area contributed by atoms with Gasteiger partial charge in [-0.2, -0.15) is 0 Å². The first kappa shape index (κ1) is 21.0. The number of benzene rings is 2. The first-order chi connectivity index (χ1) is 13.4. The molecule has 0 aliphatic heterocycles. The minimum Gasteiger partial charge on any atom is -0.376 e. The fourth-order valence-electron chi connectivity index (χ4n) is 2.47. The van der Waals surface area contributed by atoms with Gasteiger partial charge < -0.3 is 21.3 Å². The lowest BCUT2D eigenvalue weighted by Gasteiger charge is -2.14. The smallest absolute Gasteiger partial charge is 0.243 e. The predicted molar refractivity (Wildman–Crippen MR) is 113 cm³/mol. The van der Waals surface area contributed by atoms with Crippen molar-refractivity contribution in [3.8, 4) is 0 Å². The second kappa shape index (κ2) is 10.1. The molecule has 2 rings (SSSR count). The molecule has 2 aromatic carbocycles. The van der Waals surface area contributed by atoms with Crippen molar-refractivity contribution >= 4 is 40.5 Å².